The maximum Gasteiger partial charge on any atom is 0.222 e. The first-order valence-electron chi connectivity index (χ1n) is 8.00. The molecule has 110 valence electrons. The van der Waals surface area contributed by atoms with Crippen LogP contribution in [0, 0.1) is 5.92 Å². The second-order valence-electron chi connectivity index (χ2n) is 6.07. The third kappa shape index (κ3) is 4.77. The predicted molar refractivity (Wildman–Crippen MR) is 77.9 cm³/mol. The molecule has 0 aromatic heterocycles. The zero-order valence-electron chi connectivity index (χ0n) is 12.1. The molecule has 1 saturated carbocycles. The highest BCUT2D eigenvalue weighted by Crippen LogP contribution is 2.26. The summed E-state index contributed by atoms with van der Waals surface area (Å²) in [6.45, 7) is 5.72. The maximum absolute atomic E-state index is 12.3. The summed E-state index contributed by atoms with van der Waals surface area (Å²) in [4.78, 5) is 16.8. The van der Waals surface area contributed by atoms with Crippen molar-refractivity contribution in [2.45, 2.75) is 44.9 Å². The van der Waals surface area contributed by atoms with Crippen molar-refractivity contribution in [3.63, 3.8) is 0 Å². The third-order valence-corrected chi connectivity index (χ3v) is 4.59. The lowest BCUT2D eigenvalue weighted by atomic mass is 9.86. The van der Waals surface area contributed by atoms with E-state index in [1.807, 2.05) is 0 Å². The smallest absolute Gasteiger partial charge is 0.222 e. The lowest BCUT2D eigenvalue weighted by Crippen LogP contribution is -2.49. The molecule has 0 unspecified atom stereocenters. The molecule has 2 aliphatic rings. The standard InChI is InChI=1S/C15H29N3O/c16-7-4-8-17-9-11-18(12-10-17)15(19)13-14-5-2-1-3-6-14/h14H,1-13,16H2. The van der Waals surface area contributed by atoms with Crippen molar-refractivity contribution < 1.29 is 4.79 Å². The Morgan fingerprint density at radius 2 is 1.74 bits per heavy atom. The Morgan fingerprint density at radius 3 is 2.37 bits per heavy atom. The van der Waals surface area contributed by atoms with Crippen molar-refractivity contribution in [2.75, 3.05) is 39.3 Å². The second-order valence-corrected chi connectivity index (χ2v) is 6.07. The van der Waals surface area contributed by atoms with Gasteiger partial charge in [0.2, 0.25) is 5.91 Å². The van der Waals surface area contributed by atoms with Crippen LogP contribution in [0.4, 0.5) is 0 Å². The molecular weight excluding hydrogens is 238 g/mol. The van der Waals surface area contributed by atoms with Gasteiger partial charge in [-0.1, -0.05) is 19.3 Å². The van der Waals surface area contributed by atoms with Gasteiger partial charge in [0.15, 0.2) is 0 Å². The van der Waals surface area contributed by atoms with Gasteiger partial charge in [-0.2, -0.15) is 0 Å². The molecule has 2 fully saturated rings. The maximum atomic E-state index is 12.3. The summed E-state index contributed by atoms with van der Waals surface area (Å²) in [6.07, 6.45) is 8.41. The molecule has 1 saturated heterocycles. The van der Waals surface area contributed by atoms with Crippen LogP contribution in [0.15, 0.2) is 0 Å². The van der Waals surface area contributed by atoms with Gasteiger partial charge >= 0.3 is 0 Å². The first kappa shape index (κ1) is 14.8. The van der Waals surface area contributed by atoms with E-state index >= 15 is 0 Å². The van der Waals surface area contributed by atoms with Crippen molar-refractivity contribution >= 4 is 5.91 Å². The fourth-order valence-corrected chi connectivity index (χ4v) is 3.30. The highest BCUT2D eigenvalue weighted by molar-refractivity contribution is 5.76. The van der Waals surface area contributed by atoms with E-state index in [9.17, 15) is 4.79 Å². The summed E-state index contributed by atoms with van der Waals surface area (Å²) in [6, 6.07) is 0. The molecule has 0 aromatic rings. The van der Waals surface area contributed by atoms with Crippen LogP contribution < -0.4 is 5.73 Å². The van der Waals surface area contributed by atoms with Gasteiger partial charge in [0.05, 0.1) is 0 Å². The average Bonchev–Trinajstić information content (AvgIpc) is 2.46. The van der Waals surface area contributed by atoms with E-state index in [-0.39, 0.29) is 0 Å². The monoisotopic (exact) mass is 267 g/mol. The Kier molecular flexibility index (Phi) is 6.11. The van der Waals surface area contributed by atoms with Gasteiger partial charge in [-0.15, -0.1) is 0 Å². The van der Waals surface area contributed by atoms with E-state index in [4.69, 9.17) is 5.73 Å². The summed E-state index contributed by atoms with van der Waals surface area (Å²) < 4.78 is 0. The van der Waals surface area contributed by atoms with Crippen LogP contribution >= 0.6 is 0 Å². The minimum Gasteiger partial charge on any atom is -0.340 e. The van der Waals surface area contributed by atoms with Crippen LogP contribution in [0.3, 0.4) is 0 Å². The van der Waals surface area contributed by atoms with Crippen molar-refractivity contribution in [3.8, 4) is 0 Å². The minimum atomic E-state index is 0.394. The van der Waals surface area contributed by atoms with Crippen LogP contribution in [0.1, 0.15) is 44.9 Å². The van der Waals surface area contributed by atoms with Crippen molar-refractivity contribution in [1.29, 1.82) is 0 Å². The zero-order valence-corrected chi connectivity index (χ0v) is 12.1. The first-order chi connectivity index (χ1) is 9.29. The molecule has 0 aromatic carbocycles. The molecule has 1 aliphatic carbocycles. The molecule has 1 amide bonds. The van der Waals surface area contributed by atoms with Crippen molar-refractivity contribution in [2.24, 2.45) is 11.7 Å². The van der Waals surface area contributed by atoms with Gasteiger partial charge in [-0.25, -0.2) is 0 Å². The molecule has 0 spiro atoms. The van der Waals surface area contributed by atoms with Crippen LogP contribution in [0.25, 0.3) is 0 Å². The van der Waals surface area contributed by atoms with Crippen molar-refractivity contribution in [1.82, 2.24) is 9.80 Å². The van der Waals surface area contributed by atoms with Gasteiger partial charge in [0, 0.05) is 32.6 Å². The SMILES string of the molecule is NCCCN1CCN(C(=O)CC2CCCCC2)CC1. The Labute approximate surface area is 117 Å². The number of hydrogen-bond donors (Lipinski definition) is 1. The highest BCUT2D eigenvalue weighted by atomic mass is 16.2. The van der Waals surface area contributed by atoms with Crippen LogP contribution in [-0.4, -0.2) is 55.0 Å². The lowest BCUT2D eigenvalue weighted by molar-refractivity contribution is -0.134. The molecule has 4 heteroatoms. The topological polar surface area (TPSA) is 49.6 Å². The summed E-state index contributed by atoms with van der Waals surface area (Å²) in [5.41, 5.74) is 5.53. The first-order valence-corrected chi connectivity index (χ1v) is 8.00. The number of nitrogens with zero attached hydrogens (tertiary/aromatic N) is 2. The molecule has 0 bridgehead atoms. The number of rotatable bonds is 5. The molecule has 0 radical (unpaired) electrons. The fraction of sp³-hybridized carbons (Fsp3) is 0.933. The van der Waals surface area contributed by atoms with E-state index in [2.05, 4.69) is 9.80 Å². The molecule has 4 nitrogen and oxygen atoms in total. The normalized spacial score (nSPS) is 22.7. The van der Waals surface area contributed by atoms with E-state index < -0.39 is 0 Å². The zero-order chi connectivity index (χ0) is 13.5. The minimum absolute atomic E-state index is 0.394. The molecule has 0 atom stereocenters. The molecular formula is C15H29N3O. The van der Waals surface area contributed by atoms with Gasteiger partial charge in [-0.05, 0) is 38.3 Å². The van der Waals surface area contributed by atoms with Gasteiger partial charge < -0.3 is 10.6 Å². The van der Waals surface area contributed by atoms with Gasteiger partial charge in [0.1, 0.15) is 0 Å². The number of amides is 1. The van der Waals surface area contributed by atoms with Gasteiger partial charge in [-0.3, -0.25) is 9.69 Å². The number of piperazine rings is 1. The molecule has 19 heavy (non-hydrogen) atoms. The van der Waals surface area contributed by atoms with E-state index in [1.54, 1.807) is 0 Å². The lowest BCUT2D eigenvalue weighted by Gasteiger charge is -2.35. The molecule has 1 heterocycles. The summed E-state index contributed by atoms with van der Waals surface area (Å²) in [5.74, 6) is 1.06. The molecule has 2 N–H and O–H groups in total. The van der Waals surface area contributed by atoms with E-state index in [0.29, 0.717) is 11.8 Å². The predicted octanol–water partition coefficient (Wildman–Crippen LogP) is 1.45. The fourth-order valence-electron chi connectivity index (χ4n) is 3.30. The van der Waals surface area contributed by atoms with Crippen LogP contribution in [0.5, 0.6) is 0 Å². The third-order valence-electron chi connectivity index (χ3n) is 4.59. The van der Waals surface area contributed by atoms with E-state index in [0.717, 1.165) is 52.1 Å². The Balaban J connectivity index is 1.67. The van der Waals surface area contributed by atoms with Crippen molar-refractivity contribution in [3.05, 3.63) is 0 Å². The van der Waals surface area contributed by atoms with Gasteiger partial charge in [0.25, 0.3) is 0 Å². The second kappa shape index (κ2) is 7.85. The summed E-state index contributed by atoms with van der Waals surface area (Å²) in [7, 11) is 0. The molecule has 2 rings (SSSR count). The number of carbonyl (C=O) groups is 1. The summed E-state index contributed by atoms with van der Waals surface area (Å²) >= 11 is 0. The number of carbonyl (C=O) groups excluding carboxylic acids is 1. The Bertz CT molecular complexity index is 269. The van der Waals surface area contributed by atoms with E-state index in [1.165, 1.54) is 32.1 Å². The number of hydrogen-bond acceptors (Lipinski definition) is 3. The average molecular weight is 267 g/mol. The van der Waals surface area contributed by atoms with Crippen LogP contribution in [-0.2, 0) is 4.79 Å². The quantitative estimate of drug-likeness (QED) is 0.820. The largest absolute Gasteiger partial charge is 0.340 e. The number of nitrogens with two attached hydrogens (primary N) is 1. The molecule has 1 aliphatic heterocycles. The Hall–Kier alpha value is -0.610. The van der Waals surface area contributed by atoms with Crippen LogP contribution in [0.2, 0.25) is 0 Å². The summed E-state index contributed by atoms with van der Waals surface area (Å²) in [5, 5.41) is 0. The highest BCUT2D eigenvalue weighted by Gasteiger charge is 2.24. The Morgan fingerprint density at radius 1 is 1.05 bits per heavy atom.